The van der Waals surface area contributed by atoms with Gasteiger partial charge in [0.1, 0.15) is 0 Å². The molecule has 4 heteroatoms. The molecule has 0 aliphatic heterocycles. The van der Waals surface area contributed by atoms with Crippen LogP contribution in [-0.2, 0) is 11.3 Å². The van der Waals surface area contributed by atoms with Crippen molar-refractivity contribution in [2.24, 2.45) is 0 Å². The van der Waals surface area contributed by atoms with Crippen LogP contribution in [0.1, 0.15) is 38.8 Å². The van der Waals surface area contributed by atoms with Crippen LogP contribution in [0.3, 0.4) is 0 Å². The number of methoxy groups -OCH3 is 1. The van der Waals surface area contributed by atoms with Crippen LogP contribution in [0.4, 0.5) is 0 Å². The fourth-order valence-electron chi connectivity index (χ4n) is 1.38. The van der Waals surface area contributed by atoms with E-state index in [1.807, 2.05) is 17.9 Å². The quantitative estimate of drug-likeness (QED) is 0.804. The van der Waals surface area contributed by atoms with E-state index in [1.165, 1.54) is 5.56 Å². The Bertz CT molecular complexity index is 320. The van der Waals surface area contributed by atoms with Gasteiger partial charge in [-0.3, -0.25) is 4.68 Å². The van der Waals surface area contributed by atoms with Gasteiger partial charge in [0.15, 0.2) is 0 Å². The van der Waals surface area contributed by atoms with Gasteiger partial charge in [0.05, 0.1) is 11.8 Å². The molecule has 0 fully saturated rings. The van der Waals surface area contributed by atoms with Gasteiger partial charge in [0.2, 0.25) is 0 Å². The normalized spacial score (nSPS) is 14.1. The Hall–Kier alpha value is -0.870. The van der Waals surface area contributed by atoms with Crippen LogP contribution in [-0.4, -0.2) is 29.5 Å². The largest absolute Gasteiger partial charge is 0.379 e. The minimum atomic E-state index is -0.0826. The highest BCUT2D eigenvalue weighted by Crippen LogP contribution is 2.15. The lowest BCUT2D eigenvalue weighted by molar-refractivity contribution is 0.0113. The van der Waals surface area contributed by atoms with E-state index in [1.54, 1.807) is 7.11 Å². The number of ether oxygens (including phenoxy) is 1. The SMILES string of the molecule is CNC(C)c1cnn(CCC(C)(C)OC)c1. The number of hydrogen-bond donors (Lipinski definition) is 1. The summed E-state index contributed by atoms with van der Waals surface area (Å²) in [5.74, 6) is 0. The molecule has 0 aliphatic carbocycles. The first kappa shape index (κ1) is 13.2. The van der Waals surface area contributed by atoms with Gasteiger partial charge in [-0.25, -0.2) is 0 Å². The van der Waals surface area contributed by atoms with Crippen LogP contribution < -0.4 is 5.32 Å². The molecule has 1 heterocycles. The maximum Gasteiger partial charge on any atom is 0.0640 e. The van der Waals surface area contributed by atoms with Crippen molar-refractivity contribution in [2.75, 3.05) is 14.2 Å². The average molecular weight is 225 g/mol. The molecule has 1 atom stereocenters. The van der Waals surface area contributed by atoms with Gasteiger partial charge in [0, 0.05) is 31.5 Å². The summed E-state index contributed by atoms with van der Waals surface area (Å²) in [7, 11) is 3.70. The fraction of sp³-hybridized carbons (Fsp3) is 0.750. The molecule has 4 nitrogen and oxygen atoms in total. The average Bonchev–Trinajstić information content (AvgIpc) is 2.74. The maximum absolute atomic E-state index is 5.38. The van der Waals surface area contributed by atoms with Gasteiger partial charge < -0.3 is 10.1 Å². The second-order valence-corrected chi connectivity index (χ2v) is 4.76. The fourth-order valence-corrected chi connectivity index (χ4v) is 1.38. The van der Waals surface area contributed by atoms with Crippen molar-refractivity contribution in [3.63, 3.8) is 0 Å². The standard InChI is InChI=1S/C12H23N3O/c1-10(13-4)11-8-14-15(9-11)7-6-12(2,3)16-5/h8-10,13H,6-7H2,1-5H3. The third kappa shape index (κ3) is 3.61. The molecule has 0 aliphatic rings. The number of aryl methyl sites for hydroxylation is 1. The first-order valence-corrected chi connectivity index (χ1v) is 5.73. The van der Waals surface area contributed by atoms with Gasteiger partial charge >= 0.3 is 0 Å². The maximum atomic E-state index is 5.38. The van der Waals surface area contributed by atoms with Gasteiger partial charge in [0.25, 0.3) is 0 Å². The monoisotopic (exact) mass is 225 g/mol. The first-order chi connectivity index (χ1) is 7.48. The van der Waals surface area contributed by atoms with E-state index in [0.717, 1.165) is 13.0 Å². The van der Waals surface area contributed by atoms with Crippen molar-refractivity contribution in [1.82, 2.24) is 15.1 Å². The number of nitrogens with zero attached hydrogens (tertiary/aromatic N) is 2. The van der Waals surface area contributed by atoms with Gasteiger partial charge in [-0.15, -0.1) is 0 Å². The molecule has 0 spiro atoms. The molecule has 0 saturated heterocycles. The molecule has 0 saturated carbocycles. The van der Waals surface area contributed by atoms with Crippen molar-refractivity contribution < 1.29 is 4.74 Å². The zero-order valence-corrected chi connectivity index (χ0v) is 10.9. The highest BCUT2D eigenvalue weighted by Gasteiger charge is 2.16. The van der Waals surface area contributed by atoms with E-state index >= 15 is 0 Å². The zero-order valence-electron chi connectivity index (χ0n) is 10.9. The van der Waals surface area contributed by atoms with Crippen molar-refractivity contribution in [3.05, 3.63) is 18.0 Å². The Morgan fingerprint density at radius 2 is 2.25 bits per heavy atom. The Balaban J connectivity index is 2.53. The summed E-state index contributed by atoms with van der Waals surface area (Å²) in [5.41, 5.74) is 1.14. The second-order valence-electron chi connectivity index (χ2n) is 4.76. The van der Waals surface area contributed by atoms with Crippen LogP contribution in [0.5, 0.6) is 0 Å². The minimum Gasteiger partial charge on any atom is -0.379 e. The van der Waals surface area contributed by atoms with E-state index < -0.39 is 0 Å². The van der Waals surface area contributed by atoms with Crippen molar-refractivity contribution >= 4 is 0 Å². The van der Waals surface area contributed by atoms with E-state index in [-0.39, 0.29) is 5.60 Å². The molecule has 0 amide bonds. The third-order valence-corrected chi connectivity index (χ3v) is 3.08. The molecule has 1 rings (SSSR count). The zero-order chi connectivity index (χ0) is 12.2. The van der Waals surface area contributed by atoms with E-state index in [9.17, 15) is 0 Å². The summed E-state index contributed by atoms with van der Waals surface area (Å²) in [6.45, 7) is 7.19. The number of aromatic nitrogens is 2. The summed E-state index contributed by atoms with van der Waals surface area (Å²) >= 11 is 0. The van der Waals surface area contributed by atoms with Crippen molar-refractivity contribution in [1.29, 1.82) is 0 Å². The molecule has 0 aromatic carbocycles. The van der Waals surface area contributed by atoms with Gasteiger partial charge in [-0.1, -0.05) is 0 Å². The van der Waals surface area contributed by atoms with Gasteiger partial charge in [-0.2, -0.15) is 5.10 Å². The Morgan fingerprint density at radius 1 is 1.56 bits per heavy atom. The lowest BCUT2D eigenvalue weighted by Gasteiger charge is -2.22. The van der Waals surface area contributed by atoms with E-state index in [2.05, 4.69) is 37.4 Å². The molecule has 1 aromatic heterocycles. The summed E-state index contributed by atoms with van der Waals surface area (Å²) < 4.78 is 7.36. The van der Waals surface area contributed by atoms with Crippen molar-refractivity contribution in [3.8, 4) is 0 Å². The Labute approximate surface area is 98.0 Å². The van der Waals surface area contributed by atoms with Crippen LogP contribution in [0, 0.1) is 0 Å². The van der Waals surface area contributed by atoms with Crippen molar-refractivity contribution in [2.45, 2.75) is 45.4 Å². The Kier molecular flexibility index (Phi) is 4.50. The van der Waals surface area contributed by atoms with Crippen LogP contribution >= 0.6 is 0 Å². The summed E-state index contributed by atoms with van der Waals surface area (Å²) in [5, 5.41) is 7.54. The van der Waals surface area contributed by atoms with E-state index in [0.29, 0.717) is 6.04 Å². The highest BCUT2D eigenvalue weighted by atomic mass is 16.5. The minimum absolute atomic E-state index is 0.0826. The first-order valence-electron chi connectivity index (χ1n) is 5.73. The predicted octanol–water partition coefficient (Wildman–Crippen LogP) is 1.98. The number of nitrogens with one attached hydrogen (secondary N) is 1. The van der Waals surface area contributed by atoms with E-state index in [4.69, 9.17) is 4.74 Å². The smallest absolute Gasteiger partial charge is 0.0640 e. The van der Waals surface area contributed by atoms with Crippen LogP contribution in [0.2, 0.25) is 0 Å². The molecule has 92 valence electrons. The molecular weight excluding hydrogens is 202 g/mol. The molecule has 1 aromatic rings. The number of hydrogen-bond acceptors (Lipinski definition) is 3. The molecular formula is C12H23N3O. The number of rotatable bonds is 6. The topological polar surface area (TPSA) is 39.1 Å². The molecule has 1 N–H and O–H groups in total. The molecule has 0 radical (unpaired) electrons. The second kappa shape index (κ2) is 5.46. The molecule has 16 heavy (non-hydrogen) atoms. The molecule has 0 bridgehead atoms. The summed E-state index contributed by atoms with van der Waals surface area (Å²) in [6.07, 6.45) is 4.96. The van der Waals surface area contributed by atoms with Gasteiger partial charge in [-0.05, 0) is 34.2 Å². The summed E-state index contributed by atoms with van der Waals surface area (Å²) in [6, 6.07) is 0.351. The molecule has 1 unspecified atom stereocenters. The lowest BCUT2D eigenvalue weighted by Crippen LogP contribution is -2.24. The third-order valence-electron chi connectivity index (χ3n) is 3.08. The van der Waals surface area contributed by atoms with Crippen LogP contribution in [0.15, 0.2) is 12.4 Å². The highest BCUT2D eigenvalue weighted by molar-refractivity contribution is 5.08. The Morgan fingerprint density at radius 3 is 2.81 bits per heavy atom. The predicted molar refractivity (Wildman–Crippen MR) is 65.4 cm³/mol. The van der Waals surface area contributed by atoms with Crippen LogP contribution in [0.25, 0.3) is 0 Å². The lowest BCUT2D eigenvalue weighted by atomic mass is 10.1. The summed E-state index contributed by atoms with van der Waals surface area (Å²) in [4.78, 5) is 0.